The summed E-state index contributed by atoms with van der Waals surface area (Å²) in [6.07, 6.45) is 7.38. The zero-order valence-corrected chi connectivity index (χ0v) is 11.8. The molecule has 0 bridgehead atoms. The monoisotopic (exact) mass is 289 g/mol. The van der Waals surface area contributed by atoms with E-state index >= 15 is 0 Å². The summed E-state index contributed by atoms with van der Waals surface area (Å²) < 4.78 is 0. The Hall–Kier alpha value is -2.18. The molecule has 1 fully saturated rings. The van der Waals surface area contributed by atoms with Gasteiger partial charge in [0, 0.05) is 6.42 Å². The van der Waals surface area contributed by atoms with E-state index in [2.05, 4.69) is 19.9 Å². The normalized spacial score (nSPS) is 17.9. The van der Waals surface area contributed by atoms with E-state index < -0.39 is 5.97 Å². The molecule has 0 saturated heterocycles. The number of hydrogen-bond acceptors (Lipinski definition) is 5. The number of aliphatic carboxylic acids is 1. The van der Waals surface area contributed by atoms with Crippen LogP contribution in [0.25, 0.3) is 11.2 Å². The molecule has 3 rings (SSSR count). The number of anilines is 1. The minimum Gasteiger partial charge on any atom is -0.481 e. The van der Waals surface area contributed by atoms with Gasteiger partial charge in [-0.3, -0.25) is 4.79 Å². The quantitative estimate of drug-likeness (QED) is 0.791. The van der Waals surface area contributed by atoms with E-state index in [4.69, 9.17) is 5.73 Å². The first-order chi connectivity index (χ1) is 10.1. The molecule has 21 heavy (non-hydrogen) atoms. The van der Waals surface area contributed by atoms with Crippen molar-refractivity contribution in [1.29, 1.82) is 0 Å². The first-order valence-corrected chi connectivity index (χ1v) is 7.25. The molecule has 7 nitrogen and oxygen atoms in total. The lowest BCUT2D eigenvalue weighted by Gasteiger charge is -2.35. The molecule has 0 aromatic carbocycles. The number of H-pyrrole nitrogens is 1. The zero-order valence-electron chi connectivity index (χ0n) is 11.8. The minimum absolute atomic E-state index is 0.186. The van der Waals surface area contributed by atoms with E-state index in [1.54, 1.807) is 0 Å². The van der Waals surface area contributed by atoms with Gasteiger partial charge in [-0.05, 0) is 18.3 Å². The van der Waals surface area contributed by atoms with Gasteiger partial charge >= 0.3 is 5.97 Å². The summed E-state index contributed by atoms with van der Waals surface area (Å²) in [4.78, 5) is 26.8. The number of rotatable bonds is 4. The number of nitrogens with one attached hydrogen (secondary N) is 1. The molecule has 112 valence electrons. The average Bonchev–Trinajstić information content (AvgIpc) is 2.82. The Bertz CT molecular complexity index is 660. The first-order valence-electron chi connectivity index (χ1n) is 7.25. The van der Waals surface area contributed by atoms with Gasteiger partial charge in [0.2, 0.25) is 0 Å². The van der Waals surface area contributed by atoms with Crippen LogP contribution in [-0.2, 0) is 11.2 Å². The van der Waals surface area contributed by atoms with Crippen LogP contribution < -0.4 is 5.73 Å². The number of carbonyl (C=O) groups is 1. The Balaban J connectivity index is 1.90. The van der Waals surface area contributed by atoms with Gasteiger partial charge < -0.3 is 15.8 Å². The molecule has 0 aliphatic heterocycles. The lowest BCUT2D eigenvalue weighted by molar-refractivity contribution is -0.140. The number of carboxylic acids is 1. The number of aromatic nitrogens is 4. The number of fused-ring (bicyclic) bond motifs is 1. The van der Waals surface area contributed by atoms with E-state index in [0.717, 1.165) is 31.5 Å². The number of carboxylic acid groups (broad SMARTS) is 1. The second kappa shape index (κ2) is 5.31. The van der Waals surface area contributed by atoms with Gasteiger partial charge in [0.15, 0.2) is 11.5 Å². The number of hydrogen-bond donors (Lipinski definition) is 3. The maximum atomic E-state index is 11.2. The predicted molar refractivity (Wildman–Crippen MR) is 77.6 cm³/mol. The number of aromatic amines is 1. The molecule has 4 N–H and O–H groups in total. The van der Waals surface area contributed by atoms with Crippen LogP contribution in [0.1, 0.15) is 44.3 Å². The molecule has 1 saturated carbocycles. The zero-order chi connectivity index (χ0) is 14.9. The maximum absolute atomic E-state index is 11.2. The Morgan fingerprint density at radius 3 is 2.76 bits per heavy atom. The number of imidazole rings is 1. The molecule has 0 unspecified atom stereocenters. The molecule has 0 radical (unpaired) electrons. The third-order valence-electron chi connectivity index (χ3n) is 4.35. The molecule has 7 heteroatoms. The molecule has 0 atom stereocenters. The van der Waals surface area contributed by atoms with Crippen molar-refractivity contribution >= 4 is 23.0 Å². The van der Waals surface area contributed by atoms with Crippen molar-refractivity contribution in [3.05, 3.63) is 12.2 Å². The van der Waals surface area contributed by atoms with Gasteiger partial charge in [-0.1, -0.05) is 19.3 Å². The largest absolute Gasteiger partial charge is 0.481 e. The molecule has 0 amide bonds. The van der Waals surface area contributed by atoms with E-state index in [1.807, 2.05) is 0 Å². The fraction of sp³-hybridized carbons (Fsp3) is 0.571. The summed E-state index contributed by atoms with van der Waals surface area (Å²) in [6.45, 7) is 0. The van der Waals surface area contributed by atoms with Crippen LogP contribution in [0.4, 0.5) is 5.82 Å². The Kier molecular flexibility index (Phi) is 3.48. The number of nitrogen functional groups attached to an aromatic ring is 1. The van der Waals surface area contributed by atoms with Crippen molar-refractivity contribution in [3.63, 3.8) is 0 Å². The van der Waals surface area contributed by atoms with E-state index in [-0.39, 0.29) is 11.8 Å². The fourth-order valence-corrected chi connectivity index (χ4v) is 3.37. The lowest BCUT2D eigenvalue weighted by atomic mass is 9.69. The van der Waals surface area contributed by atoms with E-state index in [1.165, 1.54) is 12.7 Å². The Labute approximate surface area is 122 Å². The molecule has 2 aromatic heterocycles. The van der Waals surface area contributed by atoms with Gasteiger partial charge in [-0.15, -0.1) is 0 Å². The average molecular weight is 289 g/mol. The number of nitrogens with two attached hydrogens (primary N) is 1. The van der Waals surface area contributed by atoms with Crippen molar-refractivity contribution in [2.24, 2.45) is 5.41 Å². The van der Waals surface area contributed by atoms with Crippen molar-refractivity contribution in [3.8, 4) is 0 Å². The van der Waals surface area contributed by atoms with Gasteiger partial charge in [-0.2, -0.15) is 0 Å². The van der Waals surface area contributed by atoms with Crippen LogP contribution in [0, 0.1) is 5.41 Å². The van der Waals surface area contributed by atoms with E-state index in [9.17, 15) is 9.90 Å². The van der Waals surface area contributed by atoms with Crippen LogP contribution in [0.5, 0.6) is 0 Å². The topological polar surface area (TPSA) is 118 Å². The molecule has 1 aliphatic carbocycles. The summed E-state index contributed by atoms with van der Waals surface area (Å²) in [6, 6.07) is 0. The molecule has 0 spiro atoms. The highest BCUT2D eigenvalue weighted by Gasteiger charge is 2.35. The first kappa shape index (κ1) is 13.8. The minimum atomic E-state index is -0.743. The SMILES string of the molecule is Nc1ncnc2nc(CC3(CC(=O)O)CCCCC3)[nH]c12. The summed E-state index contributed by atoms with van der Waals surface area (Å²) in [5.41, 5.74) is 6.77. The van der Waals surface area contributed by atoms with Crippen LogP contribution in [0.3, 0.4) is 0 Å². The van der Waals surface area contributed by atoms with Crippen LogP contribution in [0.2, 0.25) is 0 Å². The van der Waals surface area contributed by atoms with Crippen molar-refractivity contribution in [2.45, 2.75) is 44.9 Å². The lowest BCUT2D eigenvalue weighted by Crippen LogP contribution is -2.30. The van der Waals surface area contributed by atoms with Crippen LogP contribution in [0.15, 0.2) is 6.33 Å². The second-order valence-electron chi connectivity index (χ2n) is 5.95. The van der Waals surface area contributed by atoms with Crippen molar-refractivity contribution in [1.82, 2.24) is 19.9 Å². The fourth-order valence-electron chi connectivity index (χ4n) is 3.37. The summed E-state index contributed by atoms with van der Waals surface area (Å²) in [7, 11) is 0. The maximum Gasteiger partial charge on any atom is 0.303 e. The highest BCUT2D eigenvalue weighted by molar-refractivity contribution is 5.81. The number of nitrogens with zero attached hydrogens (tertiary/aromatic N) is 3. The van der Waals surface area contributed by atoms with Crippen molar-refractivity contribution < 1.29 is 9.90 Å². The summed E-state index contributed by atoms with van der Waals surface area (Å²) in [5.74, 6) is 0.377. The molecular formula is C14H19N5O2. The third-order valence-corrected chi connectivity index (χ3v) is 4.35. The van der Waals surface area contributed by atoms with Gasteiger partial charge in [0.25, 0.3) is 0 Å². The summed E-state index contributed by atoms with van der Waals surface area (Å²) >= 11 is 0. The molecule has 2 heterocycles. The standard InChI is InChI=1S/C14H19N5O2/c15-12-11-13(17-8-16-12)19-9(18-11)6-14(7-10(20)21)4-2-1-3-5-14/h8H,1-7H2,(H,20,21)(H3,15,16,17,18,19). The smallest absolute Gasteiger partial charge is 0.303 e. The van der Waals surface area contributed by atoms with Gasteiger partial charge in [-0.25, -0.2) is 15.0 Å². The Morgan fingerprint density at radius 2 is 2.10 bits per heavy atom. The highest BCUT2D eigenvalue weighted by Crippen LogP contribution is 2.41. The van der Waals surface area contributed by atoms with Gasteiger partial charge in [0.1, 0.15) is 17.7 Å². The Morgan fingerprint density at radius 1 is 1.33 bits per heavy atom. The van der Waals surface area contributed by atoms with Crippen molar-refractivity contribution in [2.75, 3.05) is 5.73 Å². The third kappa shape index (κ3) is 2.81. The molecule has 1 aliphatic rings. The highest BCUT2D eigenvalue weighted by atomic mass is 16.4. The molecular weight excluding hydrogens is 270 g/mol. The second-order valence-corrected chi connectivity index (χ2v) is 5.95. The predicted octanol–water partition coefficient (Wildman–Crippen LogP) is 1.90. The van der Waals surface area contributed by atoms with Crippen LogP contribution in [-0.4, -0.2) is 31.0 Å². The van der Waals surface area contributed by atoms with E-state index in [0.29, 0.717) is 23.4 Å². The molecule has 2 aromatic rings. The summed E-state index contributed by atoms with van der Waals surface area (Å²) in [5, 5.41) is 9.22. The van der Waals surface area contributed by atoms with Gasteiger partial charge in [0.05, 0.1) is 6.42 Å². The van der Waals surface area contributed by atoms with Crippen LogP contribution >= 0.6 is 0 Å².